The second-order valence-corrected chi connectivity index (χ2v) is 18.6. The number of pyridine rings is 2. The van der Waals surface area contributed by atoms with Crippen LogP contribution in [0.1, 0.15) is 126 Å². The summed E-state index contributed by atoms with van der Waals surface area (Å²) in [5.41, 5.74) is 9.94. The zero-order valence-corrected chi connectivity index (χ0v) is 37.1. The van der Waals surface area contributed by atoms with Crippen LogP contribution in [0.3, 0.4) is 0 Å². The summed E-state index contributed by atoms with van der Waals surface area (Å²) in [6, 6.07) is 38.0. The largest absolute Gasteiger partial charge is 0.501 e. The second kappa shape index (κ2) is 15.2. The molecule has 2 aliphatic rings. The molecule has 0 N–H and O–H groups in total. The van der Waals surface area contributed by atoms with Crippen LogP contribution in [0.2, 0.25) is 0 Å². The van der Waals surface area contributed by atoms with Gasteiger partial charge in [0.05, 0.1) is 5.58 Å². The molecule has 3 nitrogen and oxygen atoms in total. The van der Waals surface area contributed by atoms with Crippen LogP contribution in [0.5, 0.6) is 0 Å². The third kappa shape index (κ3) is 7.22. The van der Waals surface area contributed by atoms with Crippen LogP contribution < -0.4 is 0 Å². The van der Waals surface area contributed by atoms with Crippen molar-refractivity contribution in [3.63, 3.8) is 0 Å². The first-order valence-electron chi connectivity index (χ1n) is 22.6. The number of aryl methyl sites for hydroxylation is 1. The fraction of sp³-hybridized carbons (Fsp3) is 0.333. The molecule has 0 aliphatic heterocycles. The molecule has 2 aliphatic carbocycles. The number of nitrogens with zero attached hydrogens (tertiary/aromatic N) is 2. The minimum atomic E-state index is -2.34. The Balaban J connectivity index is 0.000000263. The Labute approximate surface area is 363 Å². The van der Waals surface area contributed by atoms with Gasteiger partial charge >= 0.3 is 0 Å². The van der Waals surface area contributed by atoms with Crippen LogP contribution in [0.25, 0.3) is 66.0 Å². The SMILES string of the molecule is CC(C)(C)c1ccnc(-c2[c-]cccc2)c1.[2H]C([2H])([2H])c1cnc(-c2[c-]ccc3c2oc2cc4c(cc5c6c(cccc64)C(C)(C)CC5(C)C)cc23)cc1C1([2H])CCCCC1.[Ir]. The first-order chi connectivity index (χ1) is 28.8. The van der Waals surface area contributed by atoms with E-state index in [-0.39, 0.29) is 41.9 Å². The van der Waals surface area contributed by atoms with E-state index >= 15 is 0 Å². The molecule has 0 amide bonds. The normalized spacial score (nSPS) is 18.1. The van der Waals surface area contributed by atoms with Gasteiger partial charge in [0.25, 0.3) is 0 Å². The molecule has 0 saturated heterocycles. The van der Waals surface area contributed by atoms with E-state index in [9.17, 15) is 1.37 Å². The molecule has 0 unspecified atom stereocenters. The smallest absolute Gasteiger partial charge is 0.121 e. The van der Waals surface area contributed by atoms with Crippen molar-refractivity contribution in [3.05, 3.63) is 143 Å². The molecule has 0 spiro atoms. The Bertz CT molecular complexity index is 2970. The Morgan fingerprint density at radius 1 is 0.759 bits per heavy atom. The minimum absolute atomic E-state index is 0. The Morgan fingerprint density at radius 3 is 2.33 bits per heavy atom. The first-order valence-corrected chi connectivity index (χ1v) is 20.6. The van der Waals surface area contributed by atoms with Crippen molar-refractivity contribution in [2.45, 2.75) is 116 Å². The fourth-order valence-corrected chi connectivity index (χ4v) is 9.76. The van der Waals surface area contributed by atoms with E-state index in [1.165, 1.54) is 44.4 Å². The Kier molecular flexibility index (Phi) is 9.25. The molecule has 1 radical (unpaired) electrons. The summed E-state index contributed by atoms with van der Waals surface area (Å²) in [7, 11) is 0. The number of hydrogen-bond donors (Lipinski definition) is 0. The van der Waals surface area contributed by atoms with Crippen molar-refractivity contribution in [1.29, 1.82) is 0 Å². The molecule has 3 aromatic heterocycles. The topological polar surface area (TPSA) is 38.9 Å². The molecule has 0 atom stereocenters. The summed E-state index contributed by atoms with van der Waals surface area (Å²) < 4.78 is 40.6. The van der Waals surface area contributed by atoms with Gasteiger partial charge in [-0.2, -0.15) is 0 Å². The summed E-state index contributed by atoms with van der Waals surface area (Å²) in [6.07, 6.45) is 8.64. The number of rotatable bonds is 3. The zero-order valence-electron chi connectivity index (χ0n) is 38.7. The summed E-state index contributed by atoms with van der Waals surface area (Å²) in [4.78, 5) is 9.04. The number of aromatic nitrogens is 2. The zero-order chi connectivity index (χ0) is 43.1. The molecular formula is C54H54IrN2O-2. The summed E-state index contributed by atoms with van der Waals surface area (Å²) in [5.74, 6) is -0.942. The van der Waals surface area contributed by atoms with Crippen molar-refractivity contribution in [1.82, 2.24) is 9.97 Å². The molecule has 1 fully saturated rings. The van der Waals surface area contributed by atoms with Crippen molar-refractivity contribution in [2.75, 3.05) is 0 Å². The van der Waals surface area contributed by atoms with Crippen LogP contribution in [-0.2, 0) is 36.4 Å². The molecule has 8 aromatic rings. The average Bonchev–Trinajstić information content (AvgIpc) is 3.59. The van der Waals surface area contributed by atoms with E-state index in [0.29, 0.717) is 35.2 Å². The number of fused-ring (bicyclic) bond motifs is 5. The van der Waals surface area contributed by atoms with Gasteiger partial charge in [-0.05, 0) is 133 Å². The van der Waals surface area contributed by atoms with Gasteiger partial charge in [0.1, 0.15) is 5.58 Å². The van der Waals surface area contributed by atoms with Crippen LogP contribution in [0, 0.1) is 19.0 Å². The minimum Gasteiger partial charge on any atom is -0.501 e. The van der Waals surface area contributed by atoms with Crippen LogP contribution >= 0.6 is 0 Å². The molecule has 10 rings (SSSR count). The fourth-order valence-electron chi connectivity index (χ4n) is 9.76. The van der Waals surface area contributed by atoms with Crippen LogP contribution in [-0.4, -0.2) is 9.97 Å². The Hall–Kier alpha value is -4.63. The third-order valence-electron chi connectivity index (χ3n) is 12.5. The molecule has 297 valence electrons. The predicted molar refractivity (Wildman–Crippen MR) is 239 cm³/mol. The first kappa shape index (κ1) is 35.3. The summed E-state index contributed by atoms with van der Waals surface area (Å²) in [6.45, 7) is 13.7. The van der Waals surface area contributed by atoms with Crippen molar-refractivity contribution < 1.29 is 30.0 Å². The van der Waals surface area contributed by atoms with Gasteiger partial charge in [-0.1, -0.05) is 109 Å². The van der Waals surface area contributed by atoms with Crippen molar-refractivity contribution in [2.24, 2.45) is 0 Å². The van der Waals surface area contributed by atoms with Gasteiger partial charge in [0.2, 0.25) is 0 Å². The van der Waals surface area contributed by atoms with Gasteiger partial charge in [-0.3, -0.25) is 0 Å². The molecule has 0 bridgehead atoms. The van der Waals surface area contributed by atoms with Gasteiger partial charge in [0.15, 0.2) is 0 Å². The van der Waals surface area contributed by atoms with E-state index in [1.54, 1.807) is 0 Å². The maximum Gasteiger partial charge on any atom is 0.121 e. The number of hydrogen-bond acceptors (Lipinski definition) is 3. The van der Waals surface area contributed by atoms with Crippen molar-refractivity contribution >= 4 is 43.5 Å². The molecule has 3 heterocycles. The van der Waals surface area contributed by atoms with E-state index in [0.717, 1.165) is 53.3 Å². The predicted octanol–water partition coefficient (Wildman–Crippen LogP) is 14.9. The van der Waals surface area contributed by atoms with E-state index in [2.05, 4.69) is 119 Å². The van der Waals surface area contributed by atoms with Crippen LogP contribution in [0.4, 0.5) is 0 Å². The van der Waals surface area contributed by atoms with Gasteiger partial charge in [0, 0.05) is 43.4 Å². The van der Waals surface area contributed by atoms with E-state index in [1.807, 2.05) is 48.7 Å². The molecule has 5 aromatic carbocycles. The van der Waals surface area contributed by atoms with Gasteiger partial charge in [-0.15, -0.1) is 54.1 Å². The number of benzene rings is 5. The average molecular weight is 943 g/mol. The quantitative estimate of drug-likeness (QED) is 0.131. The standard InChI is InChI=1S/C39H38NO.C15H16N.Ir/c1-23-21-40-34(19-29(23)24-11-7-6-8-12-24)28-15-9-14-27-31-17-25-18-33-36-26(30(25)20-35(31)41-37(27)28)13-10-16-32(36)38(2,3)22-39(33,4)5;1-15(2,3)13-9-10-16-14(11-13)12-7-5-4-6-8-12;/h9-10,13-14,16-21,24H,6-8,11-12,22H2,1-5H3;4-7,9-11H,1-3H3;/q2*-1;/i1D3,24D;;. The second-order valence-electron chi connectivity index (χ2n) is 18.6. The van der Waals surface area contributed by atoms with E-state index in [4.69, 9.17) is 8.53 Å². The maximum absolute atomic E-state index is 9.33. The van der Waals surface area contributed by atoms with Crippen LogP contribution in [0.15, 0.2) is 108 Å². The van der Waals surface area contributed by atoms with Gasteiger partial charge < -0.3 is 14.4 Å². The number of furan rings is 1. The van der Waals surface area contributed by atoms with Crippen molar-refractivity contribution in [3.8, 4) is 22.5 Å². The van der Waals surface area contributed by atoms with Gasteiger partial charge in [-0.25, -0.2) is 0 Å². The molecule has 58 heavy (non-hydrogen) atoms. The third-order valence-corrected chi connectivity index (χ3v) is 12.5. The molecular weight excluding hydrogens is 885 g/mol. The Morgan fingerprint density at radius 2 is 1.57 bits per heavy atom. The summed E-state index contributed by atoms with van der Waals surface area (Å²) in [5, 5.41) is 7.02. The molecule has 1 saturated carbocycles. The maximum atomic E-state index is 9.33. The monoisotopic (exact) mass is 943 g/mol. The van der Waals surface area contributed by atoms with E-state index < -0.39 is 12.7 Å². The molecule has 4 heteroatoms. The summed E-state index contributed by atoms with van der Waals surface area (Å²) >= 11 is 0.